The number of hydrogen-bond acceptors (Lipinski definition) is 4. The number of carbonyl (C=O) groups excluding carboxylic acids is 2. The Hall–Kier alpha value is -3.02. The zero-order valence-corrected chi connectivity index (χ0v) is 16.9. The van der Waals surface area contributed by atoms with Crippen LogP contribution in [0.3, 0.4) is 0 Å². The molecule has 0 aromatic heterocycles. The van der Waals surface area contributed by atoms with Gasteiger partial charge in [0.2, 0.25) is 11.8 Å². The van der Waals surface area contributed by atoms with E-state index < -0.39 is 0 Å². The number of ether oxygens (including phenoxy) is 2. The first-order valence-corrected chi connectivity index (χ1v) is 10.0. The molecular weight excluding hydrogens is 368 g/mol. The molecule has 0 radical (unpaired) electrons. The second-order valence-corrected chi connectivity index (χ2v) is 7.05. The molecule has 0 atom stereocenters. The van der Waals surface area contributed by atoms with Crippen molar-refractivity contribution in [2.45, 2.75) is 19.3 Å². The molecule has 0 spiro atoms. The van der Waals surface area contributed by atoms with Crippen molar-refractivity contribution in [3.63, 3.8) is 0 Å². The molecule has 29 heavy (non-hydrogen) atoms. The van der Waals surface area contributed by atoms with Gasteiger partial charge < -0.3 is 19.3 Å². The van der Waals surface area contributed by atoms with Crippen molar-refractivity contribution >= 4 is 11.8 Å². The quantitative estimate of drug-likeness (QED) is 0.722. The maximum atomic E-state index is 12.7. The van der Waals surface area contributed by atoms with Gasteiger partial charge in [-0.25, -0.2) is 0 Å². The average Bonchev–Trinajstić information content (AvgIpc) is 3.01. The third-order valence-corrected chi connectivity index (χ3v) is 5.04. The summed E-state index contributed by atoms with van der Waals surface area (Å²) < 4.78 is 10.8. The van der Waals surface area contributed by atoms with Crippen LogP contribution in [0, 0.1) is 0 Å². The van der Waals surface area contributed by atoms with Gasteiger partial charge in [-0.3, -0.25) is 9.59 Å². The summed E-state index contributed by atoms with van der Waals surface area (Å²) in [5.74, 6) is 1.72. The summed E-state index contributed by atoms with van der Waals surface area (Å²) >= 11 is 0. The molecule has 1 fully saturated rings. The number of amides is 2. The van der Waals surface area contributed by atoms with Gasteiger partial charge in [-0.05, 0) is 36.2 Å². The highest BCUT2D eigenvalue weighted by atomic mass is 16.5. The van der Waals surface area contributed by atoms with Crippen molar-refractivity contribution < 1.29 is 19.1 Å². The van der Waals surface area contributed by atoms with Crippen molar-refractivity contribution in [1.82, 2.24) is 9.80 Å². The fourth-order valence-electron chi connectivity index (χ4n) is 3.38. The number of carbonyl (C=O) groups is 2. The molecule has 1 aliphatic rings. The Kier molecular flexibility index (Phi) is 7.50. The van der Waals surface area contributed by atoms with E-state index >= 15 is 0 Å². The van der Waals surface area contributed by atoms with Gasteiger partial charge in [0.05, 0.1) is 26.6 Å². The van der Waals surface area contributed by atoms with Crippen LogP contribution in [0.25, 0.3) is 0 Å². The van der Waals surface area contributed by atoms with Crippen molar-refractivity contribution in [3.8, 4) is 11.5 Å². The molecule has 0 unspecified atom stereocenters. The fourth-order valence-corrected chi connectivity index (χ4v) is 3.38. The van der Waals surface area contributed by atoms with Crippen molar-refractivity contribution in [3.05, 3.63) is 60.2 Å². The summed E-state index contributed by atoms with van der Waals surface area (Å²) in [6.45, 7) is 2.86. The van der Waals surface area contributed by atoms with Crippen LogP contribution in [-0.4, -0.2) is 61.5 Å². The largest absolute Gasteiger partial charge is 0.497 e. The second-order valence-electron chi connectivity index (χ2n) is 7.05. The van der Waals surface area contributed by atoms with Crippen LogP contribution >= 0.6 is 0 Å². The first-order chi connectivity index (χ1) is 14.2. The summed E-state index contributed by atoms with van der Waals surface area (Å²) in [4.78, 5) is 28.9. The third kappa shape index (κ3) is 6.24. The summed E-state index contributed by atoms with van der Waals surface area (Å²) in [5, 5.41) is 0. The smallest absolute Gasteiger partial charge is 0.227 e. The Morgan fingerprint density at radius 1 is 0.828 bits per heavy atom. The van der Waals surface area contributed by atoms with E-state index in [1.807, 2.05) is 64.4 Å². The minimum absolute atomic E-state index is 0.0744. The lowest BCUT2D eigenvalue weighted by Gasteiger charge is -2.22. The van der Waals surface area contributed by atoms with E-state index in [1.165, 1.54) is 0 Å². The van der Waals surface area contributed by atoms with Crippen LogP contribution in [-0.2, 0) is 16.0 Å². The number of hydrogen-bond donors (Lipinski definition) is 0. The van der Waals surface area contributed by atoms with Crippen LogP contribution < -0.4 is 9.47 Å². The molecule has 2 amide bonds. The van der Waals surface area contributed by atoms with E-state index in [4.69, 9.17) is 9.47 Å². The Bertz CT molecular complexity index is 792. The number of rotatable bonds is 7. The number of para-hydroxylation sites is 1. The summed E-state index contributed by atoms with van der Waals surface area (Å²) in [7, 11) is 1.62. The lowest BCUT2D eigenvalue weighted by atomic mass is 10.1. The molecule has 3 rings (SSSR count). The van der Waals surface area contributed by atoms with Crippen LogP contribution in [0.1, 0.15) is 18.4 Å². The summed E-state index contributed by atoms with van der Waals surface area (Å²) in [5.41, 5.74) is 0.964. The van der Waals surface area contributed by atoms with Crippen LogP contribution in [0.5, 0.6) is 11.5 Å². The van der Waals surface area contributed by atoms with Crippen molar-refractivity contribution in [2.24, 2.45) is 0 Å². The third-order valence-electron chi connectivity index (χ3n) is 5.04. The molecule has 0 bridgehead atoms. The Morgan fingerprint density at radius 2 is 1.48 bits per heavy atom. The van der Waals surface area contributed by atoms with Gasteiger partial charge in [0.1, 0.15) is 11.5 Å². The topological polar surface area (TPSA) is 59.1 Å². The highest BCUT2D eigenvalue weighted by Gasteiger charge is 2.22. The highest BCUT2D eigenvalue weighted by Crippen LogP contribution is 2.14. The standard InChI is InChI=1S/C23H28N2O4/c1-28-20-10-8-19(9-11-20)18-23(27)25-14-5-13-24(15-16-25)22(26)12-17-29-21-6-3-2-4-7-21/h2-4,6-11H,5,12-18H2,1H3. The Balaban J connectivity index is 1.43. The maximum Gasteiger partial charge on any atom is 0.227 e. The molecule has 6 nitrogen and oxygen atoms in total. The minimum atomic E-state index is 0.0744. The van der Waals surface area contributed by atoms with Gasteiger partial charge in [-0.2, -0.15) is 0 Å². The summed E-state index contributed by atoms with van der Waals surface area (Å²) in [6, 6.07) is 17.1. The van der Waals surface area contributed by atoms with E-state index in [0.29, 0.717) is 45.6 Å². The lowest BCUT2D eigenvalue weighted by molar-refractivity contribution is -0.133. The molecule has 0 saturated carbocycles. The zero-order chi connectivity index (χ0) is 20.5. The molecular formula is C23H28N2O4. The zero-order valence-electron chi connectivity index (χ0n) is 16.9. The number of benzene rings is 2. The highest BCUT2D eigenvalue weighted by molar-refractivity contribution is 5.79. The first kappa shape index (κ1) is 20.7. The van der Waals surface area contributed by atoms with Crippen molar-refractivity contribution in [1.29, 1.82) is 0 Å². The van der Waals surface area contributed by atoms with Gasteiger partial charge in [-0.15, -0.1) is 0 Å². The molecule has 0 aliphatic carbocycles. The lowest BCUT2D eigenvalue weighted by Crippen LogP contribution is -2.38. The second kappa shape index (κ2) is 10.5. The number of methoxy groups -OCH3 is 1. The predicted molar refractivity (Wildman–Crippen MR) is 111 cm³/mol. The normalized spacial score (nSPS) is 14.2. The van der Waals surface area contributed by atoms with E-state index in [0.717, 1.165) is 23.5 Å². The summed E-state index contributed by atoms with van der Waals surface area (Å²) in [6.07, 6.45) is 1.50. The van der Waals surface area contributed by atoms with Gasteiger partial charge in [-0.1, -0.05) is 30.3 Å². The van der Waals surface area contributed by atoms with Gasteiger partial charge >= 0.3 is 0 Å². The first-order valence-electron chi connectivity index (χ1n) is 10.0. The number of nitrogens with zero attached hydrogens (tertiary/aromatic N) is 2. The molecule has 6 heteroatoms. The monoisotopic (exact) mass is 396 g/mol. The van der Waals surface area contributed by atoms with Crippen LogP contribution in [0.2, 0.25) is 0 Å². The van der Waals surface area contributed by atoms with E-state index in [-0.39, 0.29) is 11.8 Å². The molecule has 2 aromatic rings. The van der Waals surface area contributed by atoms with Gasteiger partial charge in [0, 0.05) is 26.2 Å². The SMILES string of the molecule is COc1ccc(CC(=O)N2CCCN(C(=O)CCOc3ccccc3)CC2)cc1. The Labute approximate surface area is 172 Å². The maximum absolute atomic E-state index is 12.7. The molecule has 1 aliphatic heterocycles. The molecule has 1 heterocycles. The Morgan fingerprint density at radius 3 is 2.14 bits per heavy atom. The van der Waals surface area contributed by atoms with Crippen LogP contribution in [0.15, 0.2) is 54.6 Å². The van der Waals surface area contributed by atoms with E-state index in [9.17, 15) is 9.59 Å². The fraction of sp³-hybridized carbons (Fsp3) is 0.391. The minimum Gasteiger partial charge on any atom is -0.497 e. The van der Waals surface area contributed by atoms with E-state index in [1.54, 1.807) is 7.11 Å². The van der Waals surface area contributed by atoms with Gasteiger partial charge in [0.25, 0.3) is 0 Å². The molecule has 0 N–H and O–H groups in total. The van der Waals surface area contributed by atoms with Gasteiger partial charge in [0.15, 0.2) is 0 Å². The van der Waals surface area contributed by atoms with Crippen molar-refractivity contribution in [2.75, 3.05) is 39.9 Å². The molecule has 154 valence electrons. The average molecular weight is 396 g/mol. The molecule has 2 aromatic carbocycles. The van der Waals surface area contributed by atoms with E-state index in [2.05, 4.69) is 0 Å². The molecule has 1 saturated heterocycles. The van der Waals surface area contributed by atoms with Crippen LogP contribution in [0.4, 0.5) is 0 Å². The predicted octanol–water partition coefficient (Wildman–Crippen LogP) is 2.77.